The van der Waals surface area contributed by atoms with Gasteiger partial charge in [-0.05, 0) is 60.1 Å². The summed E-state index contributed by atoms with van der Waals surface area (Å²) in [6, 6.07) is 11.9. The third-order valence-corrected chi connectivity index (χ3v) is 7.37. The zero-order valence-corrected chi connectivity index (χ0v) is 24.2. The van der Waals surface area contributed by atoms with Gasteiger partial charge in [0.2, 0.25) is 0 Å². The van der Waals surface area contributed by atoms with Crippen LogP contribution in [0.25, 0.3) is 11.3 Å². The number of ketones is 1. The molecule has 228 valence electrons. The first-order chi connectivity index (χ1) is 20.3. The van der Waals surface area contributed by atoms with Crippen molar-refractivity contribution >= 4 is 17.8 Å². The van der Waals surface area contributed by atoms with Gasteiger partial charge >= 0.3 is 6.16 Å². The highest BCUT2D eigenvalue weighted by Gasteiger charge is 2.39. The van der Waals surface area contributed by atoms with E-state index in [0.717, 1.165) is 22.9 Å². The largest absolute Gasteiger partial charge is 0.525 e. The Morgan fingerprint density at radius 2 is 1.79 bits per heavy atom. The van der Waals surface area contributed by atoms with Crippen molar-refractivity contribution < 1.29 is 33.1 Å². The van der Waals surface area contributed by atoms with Gasteiger partial charge in [-0.3, -0.25) is 14.4 Å². The number of hydrogen-bond acceptors (Lipinski definition) is 7. The van der Waals surface area contributed by atoms with Gasteiger partial charge in [-0.15, -0.1) is 5.06 Å². The fraction of sp³-hybridized carbons (Fsp3) is 0.387. The van der Waals surface area contributed by atoms with Crippen LogP contribution in [0.15, 0.2) is 59.4 Å². The first kappa shape index (κ1) is 31.5. The van der Waals surface area contributed by atoms with Crippen molar-refractivity contribution in [2.45, 2.75) is 52.6 Å². The lowest BCUT2D eigenvalue weighted by molar-refractivity contribution is -0.190. The van der Waals surface area contributed by atoms with Crippen LogP contribution in [0.1, 0.15) is 56.0 Å². The van der Waals surface area contributed by atoms with Crippen molar-refractivity contribution in [2.24, 2.45) is 11.3 Å². The number of hydrogen-bond donors (Lipinski definition) is 2. The summed E-state index contributed by atoms with van der Waals surface area (Å²) in [5.74, 6) is -2.11. The molecule has 0 saturated carbocycles. The lowest BCUT2D eigenvalue weighted by atomic mass is 9.76. The number of carbonyl (C=O) groups excluding carboxylic acids is 2. The van der Waals surface area contributed by atoms with E-state index in [1.165, 1.54) is 17.2 Å². The summed E-state index contributed by atoms with van der Waals surface area (Å²) in [6.45, 7) is 6.19. The van der Waals surface area contributed by atoms with Crippen LogP contribution >= 0.6 is 0 Å². The molecule has 1 fully saturated rings. The molecular weight excluding hydrogens is 562 g/mol. The molecule has 0 spiro atoms. The Morgan fingerprint density at radius 3 is 2.47 bits per heavy atom. The Labute approximate surface area is 247 Å². The van der Waals surface area contributed by atoms with Crippen LogP contribution < -0.4 is 10.9 Å². The average Bonchev–Trinajstić information content (AvgIpc) is 2.92. The molecule has 0 aliphatic carbocycles. The Morgan fingerprint density at radius 1 is 1.07 bits per heavy atom. The second-order valence-corrected chi connectivity index (χ2v) is 11.8. The number of hydroxylamine groups is 2. The molecular formula is C31H34F2N4O6. The van der Waals surface area contributed by atoms with E-state index in [-0.39, 0.29) is 59.5 Å². The molecule has 1 saturated heterocycles. The minimum absolute atomic E-state index is 0.00373. The maximum atomic E-state index is 13.7. The quantitative estimate of drug-likeness (QED) is 0.365. The zero-order valence-electron chi connectivity index (χ0n) is 24.2. The SMILES string of the molecule is CC(C)(C)C1CC(CC(=O)CNC(=O)c2cccc(Cn3nc(-c4cc(F)cc(F)c4)ccc3=O)c2)CCN1OC(=O)O. The molecule has 0 bridgehead atoms. The first-order valence-corrected chi connectivity index (χ1v) is 13.9. The number of rotatable bonds is 9. The van der Waals surface area contributed by atoms with Gasteiger partial charge in [0.25, 0.3) is 11.5 Å². The normalized spacial score (nSPS) is 17.3. The lowest BCUT2D eigenvalue weighted by Crippen LogP contribution is -2.50. The number of Topliss-reactive ketones (excluding diaryl/α,β-unsaturated/α-hetero) is 1. The topological polar surface area (TPSA) is 131 Å². The van der Waals surface area contributed by atoms with Crippen molar-refractivity contribution in [3.8, 4) is 11.3 Å². The molecule has 2 unspecified atom stereocenters. The van der Waals surface area contributed by atoms with Gasteiger partial charge < -0.3 is 15.3 Å². The predicted octanol–water partition coefficient (Wildman–Crippen LogP) is 4.66. The van der Waals surface area contributed by atoms with Gasteiger partial charge in [-0.25, -0.2) is 18.3 Å². The number of carbonyl (C=O) groups is 3. The second kappa shape index (κ2) is 13.2. The van der Waals surface area contributed by atoms with Gasteiger partial charge in [0.1, 0.15) is 11.6 Å². The Balaban J connectivity index is 1.36. The molecule has 2 aromatic carbocycles. The second-order valence-electron chi connectivity index (χ2n) is 11.8. The van der Waals surface area contributed by atoms with Crippen LogP contribution in [-0.2, 0) is 16.2 Å². The summed E-state index contributed by atoms with van der Waals surface area (Å²) >= 11 is 0. The molecule has 2 heterocycles. The monoisotopic (exact) mass is 596 g/mol. The number of carboxylic acid groups (broad SMARTS) is 1. The van der Waals surface area contributed by atoms with E-state index < -0.39 is 29.3 Å². The molecule has 43 heavy (non-hydrogen) atoms. The van der Waals surface area contributed by atoms with Gasteiger partial charge in [-0.1, -0.05) is 32.9 Å². The van der Waals surface area contributed by atoms with Crippen molar-refractivity contribution in [1.29, 1.82) is 0 Å². The molecule has 1 amide bonds. The third-order valence-electron chi connectivity index (χ3n) is 7.37. The van der Waals surface area contributed by atoms with Gasteiger partial charge in [0, 0.05) is 36.2 Å². The fourth-order valence-corrected chi connectivity index (χ4v) is 5.27. The van der Waals surface area contributed by atoms with Crippen LogP contribution in [0.2, 0.25) is 0 Å². The Kier molecular flexibility index (Phi) is 9.70. The minimum Gasteiger partial charge on any atom is -0.448 e. The maximum Gasteiger partial charge on any atom is 0.525 e. The van der Waals surface area contributed by atoms with E-state index in [9.17, 15) is 28.0 Å². The molecule has 0 radical (unpaired) electrons. The lowest BCUT2D eigenvalue weighted by Gasteiger charge is -2.43. The molecule has 1 aliphatic rings. The van der Waals surface area contributed by atoms with Gasteiger partial charge in [0.15, 0.2) is 5.78 Å². The van der Waals surface area contributed by atoms with Crippen molar-refractivity contribution in [3.05, 3.63) is 87.7 Å². The highest BCUT2D eigenvalue weighted by molar-refractivity contribution is 5.96. The molecule has 2 atom stereocenters. The van der Waals surface area contributed by atoms with E-state index >= 15 is 0 Å². The standard InChI is InChI=1S/C31H34F2N4O6/c1-31(2,3)27-13-19(9-10-37(27)43-30(41)42)12-25(38)17-34-29(40)21-6-4-5-20(11-21)18-36-28(39)8-7-26(35-36)22-14-23(32)16-24(33)15-22/h4-8,11,14-16,19,27H,9-10,12-13,17-18H2,1-3H3,(H,34,40)(H,41,42). The Bertz CT molecular complexity index is 1550. The number of halogens is 2. The van der Waals surface area contributed by atoms with Crippen molar-refractivity contribution in [1.82, 2.24) is 20.2 Å². The molecule has 3 aromatic rings. The van der Waals surface area contributed by atoms with E-state index in [1.54, 1.807) is 24.3 Å². The first-order valence-electron chi connectivity index (χ1n) is 13.9. The predicted molar refractivity (Wildman–Crippen MR) is 153 cm³/mol. The summed E-state index contributed by atoms with van der Waals surface area (Å²) in [7, 11) is 0. The fourth-order valence-electron chi connectivity index (χ4n) is 5.27. The minimum atomic E-state index is -1.37. The summed E-state index contributed by atoms with van der Waals surface area (Å²) in [6.07, 6.45) is 0.0486. The smallest absolute Gasteiger partial charge is 0.448 e. The number of piperidine rings is 1. The van der Waals surface area contributed by atoms with E-state index in [2.05, 4.69) is 10.4 Å². The number of nitrogens with zero attached hydrogens (tertiary/aromatic N) is 3. The average molecular weight is 597 g/mol. The molecule has 1 aliphatic heterocycles. The molecule has 1 aromatic heterocycles. The molecule has 2 N–H and O–H groups in total. The molecule has 10 nitrogen and oxygen atoms in total. The van der Waals surface area contributed by atoms with Crippen LogP contribution in [0.5, 0.6) is 0 Å². The summed E-state index contributed by atoms with van der Waals surface area (Å²) in [4.78, 5) is 54.1. The van der Waals surface area contributed by atoms with Crippen LogP contribution in [0.4, 0.5) is 13.6 Å². The van der Waals surface area contributed by atoms with Gasteiger partial charge in [-0.2, -0.15) is 5.10 Å². The van der Waals surface area contributed by atoms with Crippen LogP contribution in [0.3, 0.4) is 0 Å². The van der Waals surface area contributed by atoms with Crippen molar-refractivity contribution in [2.75, 3.05) is 13.1 Å². The number of aromatic nitrogens is 2. The highest BCUT2D eigenvalue weighted by Crippen LogP contribution is 2.36. The maximum absolute atomic E-state index is 13.7. The van der Waals surface area contributed by atoms with E-state index in [1.807, 2.05) is 20.8 Å². The highest BCUT2D eigenvalue weighted by atomic mass is 19.1. The van der Waals surface area contributed by atoms with Crippen LogP contribution in [0, 0.1) is 23.0 Å². The van der Waals surface area contributed by atoms with Crippen molar-refractivity contribution in [3.63, 3.8) is 0 Å². The van der Waals surface area contributed by atoms with E-state index in [4.69, 9.17) is 9.94 Å². The number of nitrogens with one attached hydrogen (secondary N) is 1. The molecule has 12 heteroatoms. The third kappa shape index (κ3) is 8.54. The Hall–Kier alpha value is -4.45. The van der Waals surface area contributed by atoms with E-state index in [0.29, 0.717) is 24.9 Å². The van der Waals surface area contributed by atoms with Gasteiger partial charge in [0.05, 0.1) is 24.8 Å². The number of benzene rings is 2. The zero-order chi connectivity index (χ0) is 31.3. The summed E-state index contributed by atoms with van der Waals surface area (Å²) < 4.78 is 28.5. The summed E-state index contributed by atoms with van der Waals surface area (Å²) in [5.41, 5.74) is 0.551. The van der Waals surface area contributed by atoms with Crippen LogP contribution in [-0.4, -0.2) is 56.9 Å². The number of amides is 1. The summed E-state index contributed by atoms with van der Waals surface area (Å²) in [5, 5.41) is 17.4. The molecule has 4 rings (SSSR count).